The minimum Gasteiger partial charge on any atom is -0.481 e. The summed E-state index contributed by atoms with van der Waals surface area (Å²) in [7, 11) is -3.72. The van der Waals surface area contributed by atoms with E-state index >= 15 is 0 Å². The van der Waals surface area contributed by atoms with Crippen LogP contribution in [0.4, 0.5) is 0 Å². The molecule has 0 aliphatic rings. The summed E-state index contributed by atoms with van der Waals surface area (Å²) in [4.78, 5) is 50.2. The molecule has 2 aromatic rings. The monoisotopic (exact) mass is 623 g/mol. The van der Waals surface area contributed by atoms with Gasteiger partial charge in [0.2, 0.25) is 27.0 Å². The van der Waals surface area contributed by atoms with E-state index in [0.29, 0.717) is 14.9 Å². The van der Waals surface area contributed by atoms with Crippen LogP contribution in [-0.2, 0) is 35.7 Å². The lowest BCUT2D eigenvalue weighted by atomic mass is 10.0. The number of Topliss-reactive ketones (excluding diaryl/α,β-unsaturated/α-hetero) is 1. The number of aromatic nitrogens is 4. The molecule has 0 saturated heterocycles. The molecule has 0 radical (unpaired) electrons. The van der Waals surface area contributed by atoms with Crippen molar-refractivity contribution in [2.45, 2.75) is 61.9 Å². The Labute approximate surface area is 238 Å². The van der Waals surface area contributed by atoms with Gasteiger partial charge < -0.3 is 15.7 Å². The highest BCUT2D eigenvalue weighted by atomic mass is 35.5. The number of nitrogens with one attached hydrogen (secondary N) is 3. The highest BCUT2D eigenvalue weighted by Gasteiger charge is 2.31. The van der Waals surface area contributed by atoms with Gasteiger partial charge in [-0.2, -0.15) is 0 Å². The third-order valence-electron chi connectivity index (χ3n) is 5.04. The molecule has 14 nitrogen and oxygen atoms in total. The van der Waals surface area contributed by atoms with Crippen LogP contribution in [0, 0.1) is 5.92 Å². The van der Waals surface area contributed by atoms with Gasteiger partial charge in [0.15, 0.2) is 5.78 Å². The first-order valence-electron chi connectivity index (χ1n) is 11.3. The second-order valence-corrected chi connectivity index (χ2v) is 12.3. The summed E-state index contributed by atoms with van der Waals surface area (Å²) >= 11 is 13.3. The molecule has 2 rings (SSSR count). The Balaban J connectivity index is 2.13. The number of benzene rings is 1. The van der Waals surface area contributed by atoms with Crippen LogP contribution in [0.2, 0.25) is 10.0 Å². The summed E-state index contributed by atoms with van der Waals surface area (Å²) in [6.07, 6.45) is 0.141. The zero-order chi connectivity index (χ0) is 29.5. The largest absolute Gasteiger partial charge is 0.481 e. The molecule has 39 heavy (non-hydrogen) atoms. The normalized spacial score (nSPS) is 13.9. The van der Waals surface area contributed by atoms with Gasteiger partial charge in [0, 0.05) is 0 Å². The van der Waals surface area contributed by atoms with E-state index in [2.05, 4.69) is 30.9 Å². The number of nitrogens with zero attached hydrogens (tertiary/aromatic N) is 4. The first-order chi connectivity index (χ1) is 18.1. The number of tetrazole rings is 1. The number of amides is 2. The molecule has 1 aromatic carbocycles. The minimum atomic E-state index is -3.72. The maximum Gasteiger partial charge on any atom is 0.305 e. The Kier molecular flexibility index (Phi) is 11.7. The second-order valence-electron chi connectivity index (χ2n) is 8.74. The van der Waals surface area contributed by atoms with E-state index in [1.165, 1.54) is 6.92 Å². The van der Waals surface area contributed by atoms with Gasteiger partial charge in [-0.1, -0.05) is 43.1 Å². The quantitative estimate of drug-likeness (QED) is 0.231. The smallest absolute Gasteiger partial charge is 0.305 e. The van der Waals surface area contributed by atoms with E-state index in [-0.39, 0.29) is 5.16 Å². The van der Waals surface area contributed by atoms with E-state index in [0.717, 1.165) is 22.7 Å². The van der Waals surface area contributed by atoms with Gasteiger partial charge in [-0.3, -0.25) is 19.2 Å². The van der Waals surface area contributed by atoms with Crippen molar-refractivity contribution in [3.8, 4) is 0 Å². The predicted octanol–water partition coefficient (Wildman–Crippen LogP) is 0.738. The zero-order valence-electron chi connectivity index (χ0n) is 21.2. The lowest BCUT2D eigenvalue weighted by Gasteiger charge is -2.24. The summed E-state index contributed by atoms with van der Waals surface area (Å²) < 4.78 is 26.5. The molecule has 4 N–H and O–H groups in total. The third kappa shape index (κ3) is 10.0. The number of hydrogen-bond donors (Lipinski definition) is 4. The lowest BCUT2D eigenvalue weighted by molar-refractivity contribution is -0.140. The molecule has 0 aliphatic carbocycles. The van der Waals surface area contributed by atoms with E-state index in [1.54, 1.807) is 32.0 Å². The Morgan fingerprint density at radius 1 is 1.08 bits per heavy atom. The van der Waals surface area contributed by atoms with Crippen molar-refractivity contribution >= 4 is 68.6 Å². The van der Waals surface area contributed by atoms with Crippen LogP contribution in [0.25, 0.3) is 0 Å². The first-order valence-corrected chi connectivity index (χ1v) is 14.8. The van der Waals surface area contributed by atoms with Crippen molar-refractivity contribution in [1.82, 2.24) is 35.6 Å². The van der Waals surface area contributed by atoms with Crippen LogP contribution in [0.1, 0.15) is 27.2 Å². The highest BCUT2D eigenvalue weighted by molar-refractivity contribution is 7.99. The molecule has 0 spiro atoms. The highest BCUT2D eigenvalue weighted by Crippen LogP contribution is 2.37. The molecule has 2 amide bonds. The average molecular weight is 625 g/mol. The fourth-order valence-electron chi connectivity index (χ4n) is 3.11. The number of sulfonamides is 1. The van der Waals surface area contributed by atoms with E-state index < -0.39 is 70.6 Å². The maximum absolute atomic E-state index is 13.0. The average Bonchev–Trinajstić information content (AvgIpc) is 3.24. The number of carbonyl (C=O) groups is 4. The summed E-state index contributed by atoms with van der Waals surface area (Å²) in [5.74, 6) is -4.17. The molecule has 214 valence electrons. The van der Waals surface area contributed by atoms with Gasteiger partial charge in [-0.25, -0.2) is 17.8 Å². The number of rotatable bonds is 14. The Morgan fingerprint density at radius 2 is 1.69 bits per heavy atom. The van der Waals surface area contributed by atoms with Crippen LogP contribution in [0.5, 0.6) is 0 Å². The number of carbonyl (C=O) groups excluding carboxylic acids is 3. The number of hydrogen-bond acceptors (Lipinski definition) is 10. The Morgan fingerprint density at radius 3 is 2.23 bits per heavy atom. The molecule has 0 bridgehead atoms. The summed E-state index contributed by atoms with van der Waals surface area (Å²) in [6.45, 7) is 4.03. The first kappa shape index (κ1) is 32.4. The van der Waals surface area contributed by atoms with Crippen molar-refractivity contribution < 1.29 is 32.7 Å². The van der Waals surface area contributed by atoms with Crippen LogP contribution in [-0.4, -0.2) is 81.7 Å². The molecule has 0 saturated carbocycles. The fourth-order valence-corrected chi connectivity index (χ4v) is 5.37. The minimum absolute atomic E-state index is 0.137. The standard InChI is InChI=1S/C21H27Cl2N7O7S2/c1-10(2)17(27-39(4,36)37)20(35)24-11(3)19(34)25-14(8-16(32)33)15(31)9-30-21(26-28-29-30)38-18-12(22)6-5-7-13(18)23/h5-7,10-11,14,17,27H,8-9H2,1-4H3,(H,24,35)(H,25,34)(H,32,33). The molecule has 0 fully saturated rings. The topological polar surface area (TPSA) is 202 Å². The predicted molar refractivity (Wildman–Crippen MR) is 142 cm³/mol. The molecule has 3 atom stereocenters. The lowest BCUT2D eigenvalue weighted by Crippen LogP contribution is -2.56. The number of halogens is 2. The van der Waals surface area contributed by atoms with Crippen molar-refractivity contribution in [2.24, 2.45) is 5.92 Å². The molecule has 1 aromatic heterocycles. The third-order valence-corrected chi connectivity index (χ3v) is 7.70. The Hall–Kier alpha value is -2.79. The van der Waals surface area contributed by atoms with E-state index in [1.807, 2.05) is 0 Å². The van der Waals surface area contributed by atoms with Crippen LogP contribution < -0.4 is 15.4 Å². The van der Waals surface area contributed by atoms with Gasteiger partial charge >= 0.3 is 5.97 Å². The number of carboxylic acid groups (broad SMARTS) is 1. The van der Waals surface area contributed by atoms with Crippen molar-refractivity contribution in [3.63, 3.8) is 0 Å². The van der Waals surface area contributed by atoms with Crippen LogP contribution >= 0.6 is 35.0 Å². The fraction of sp³-hybridized carbons (Fsp3) is 0.476. The van der Waals surface area contributed by atoms with Gasteiger partial charge in [-0.05, 0) is 47.2 Å². The summed E-state index contributed by atoms with van der Waals surface area (Å²) in [6, 6.07) is 0.979. The maximum atomic E-state index is 13.0. The number of carboxylic acids is 1. The number of ketones is 1. The van der Waals surface area contributed by atoms with Crippen molar-refractivity contribution in [2.75, 3.05) is 6.26 Å². The van der Waals surface area contributed by atoms with Crippen molar-refractivity contribution in [3.05, 3.63) is 28.2 Å². The molecular formula is C21H27Cl2N7O7S2. The molecule has 1 heterocycles. The van der Waals surface area contributed by atoms with Crippen molar-refractivity contribution in [1.29, 1.82) is 0 Å². The zero-order valence-corrected chi connectivity index (χ0v) is 24.4. The van der Waals surface area contributed by atoms with E-state index in [9.17, 15) is 32.7 Å². The number of aliphatic carboxylic acids is 1. The van der Waals surface area contributed by atoms with Crippen LogP contribution in [0.3, 0.4) is 0 Å². The summed E-state index contributed by atoms with van der Waals surface area (Å²) in [5.41, 5.74) is 0. The van der Waals surface area contributed by atoms with Gasteiger partial charge in [0.25, 0.3) is 0 Å². The molecule has 3 unspecified atom stereocenters. The molecule has 0 aliphatic heterocycles. The van der Waals surface area contributed by atoms with Gasteiger partial charge in [-0.15, -0.1) is 5.10 Å². The second kappa shape index (κ2) is 14.0. The molecular weight excluding hydrogens is 597 g/mol. The molecule has 18 heteroatoms. The van der Waals surface area contributed by atoms with Gasteiger partial charge in [0.1, 0.15) is 18.6 Å². The Bertz CT molecular complexity index is 1320. The van der Waals surface area contributed by atoms with Gasteiger partial charge in [0.05, 0.1) is 33.7 Å². The summed E-state index contributed by atoms with van der Waals surface area (Å²) in [5, 5.41) is 25.9. The van der Waals surface area contributed by atoms with Crippen LogP contribution in [0.15, 0.2) is 28.3 Å². The SMILES string of the molecule is CC(NC(=O)C(NS(C)(=O)=O)C(C)C)C(=O)NC(CC(=O)O)C(=O)Cn1nnnc1Sc1c(Cl)cccc1Cl. The van der Waals surface area contributed by atoms with E-state index in [4.69, 9.17) is 23.2 Å².